The molecule has 0 atom stereocenters. The SMILES string of the molecule is C=CS(=O)(=O)N1CC2(C1)CN(S(=O)(=O)c1cc(Cl)ccc1OC)CCO2. The molecule has 0 amide bonds. The van der Waals surface area contributed by atoms with Crippen LogP contribution in [0.5, 0.6) is 5.75 Å². The molecule has 0 radical (unpaired) electrons. The molecule has 0 saturated carbocycles. The highest BCUT2D eigenvalue weighted by molar-refractivity contribution is 7.92. The molecule has 1 aromatic rings. The van der Waals surface area contributed by atoms with E-state index in [1.165, 1.54) is 27.9 Å². The fourth-order valence-corrected chi connectivity index (χ4v) is 6.04. The number of morpholine rings is 1. The van der Waals surface area contributed by atoms with Crippen LogP contribution in [0.4, 0.5) is 0 Å². The zero-order chi connectivity index (χ0) is 19.2. The van der Waals surface area contributed by atoms with Gasteiger partial charge in [-0.1, -0.05) is 18.2 Å². The minimum atomic E-state index is -3.88. The molecular formula is C15H19ClN2O6S2. The second kappa shape index (κ2) is 6.77. The highest BCUT2D eigenvalue weighted by atomic mass is 35.5. The first-order valence-corrected chi connectivity index (χ1v) is 11.1. The van der Waals surface area contributed by atoms with Gasteiger partial charge in [-0.25, -0.2) is 16.8 Å². The summed E-state index contributed by atoms with van der Waals surface area (Å²) in [7, 11) is -6.04. The van der Waals surface area contributed by atoms with Crippen LogP contribution in [0.3, 0.4) is 0 Å². The Morgan fingerprint density at radius 3 is 2.50 bits per heavy atom. The maximum atomic E-state index is 13.1. The molecular weight excluding hydrogens is 404 g/mol. The quantitative estimate of drug-likeness (QED) is 0.699. The van der Waals surface area contributed by atoms with Crippen LogP contribution in [0.15, 0.2) is 35.1 Å². The second-order valence-electron chi connectivity index (χ2n) is 6.14. The van der Waals surface area contributed by atoms with Crippen molar-refractivity contribution >= 4 is 31.6 Å². The first-order chi connectivity index (χ1) is 12.1. The van der Waals surface area contributed by atoms with E-state index in [4.69, 9.17) is 21.1 Å². The summed E-state index contributed by atoms with van der Waals surface area (Å²) in [5.74, 6) is 0.194. The number of hydrogen-bond donors (Lipinski definition) is 0. The lowest BCUT2D eigenvalue weighted by molar-refractivity contribution is -0.147. The molecule has 0 aromatic heterocycles. The molecule has 8 nitrogen and oxygen atoms in total. The van der Waals surface area contributed by atoms with Crippen LogP contribution in [0.25, 0.3) is 0 Å². The van der Waals surface area contributed by atoms with Crippen LogP contribution in [0.2, 0.25) is 5.02 Å². The van der Waals surface area contributed by atoms with E-state index in [0.29, 0.717) is 0 Å². The fourth-order valence-electron chi connectivity index (χ4n) is 3.08. The van der Waals surface area contributed by atoms with Gasteiger partial charge in [0.1, 0.15) is 16.2 Å². The van der Waals surface area contributed by atoms with Gasteiger partial charge in [0.05, 0.1) is 13.7 Å². The number of methoxy groups -OCH3 is 1. The van der Waals surface area contributed by atoms with Crippen molar-refractivity contribution in [3.8, 4) is 5.75 Å². The number of benzene rings is 1. The molecule has 26 heavy (non-hydrogen) atoms. The topological polar surface area (TPSA) is 93.2 Å². The van der Waals surface area contributed by atoms with Crippen molar-refractivity contribution in [2.75, 3.05) is 39.9 Å². The van der Waals surface area contributed by atoms with Gasteiger partial charge in [0.15, 0.2) is 0 Å². The predicted octanol–water partition coefficient (Wildman–Crippen LogP) is 0.897. The fraction of sp³-hybridized carbons (Fsp3) is 0.467. The van der Waals surface area contributed by atoms with Gasteiger partial charge in [0.25, 0.3) is 0 Å². The Hall–Kier alpha value is -1.17. The molecule has 2 saturated heterocycles. The summed E-state index contributed by atoms with van der Waals surface area (Å²) in [6.45, 7) is 3.83. The zero-order valence-electron chi connectivity index (χ0n) is 14.1. The first kappa shape index (κ1) is 19.6. The molecule has 0 bridgehead atoms. The van der Waals surface area contributed by atoms with Crippen molar-refractivity contribution in [1.82, 2.24) is 8.61 Å². The zero-order valence-corrected chi connectivity index (χ0v) is 16.5. The van der Waals surface area contributed by atoms with Gasteiger partial charge in [0.2, 0.25) is 20.0 Å². The summed E-state index contributed by atoms with van der Waals surface area (Å²) in [5.41, 5.74) is -0.854. The van der Waals surface area contributed by atoms with E-state index < -0.39 is 25.6 Å². The molecule has 3 rings (SSSR count). The largest absolute Gasteiger partial charge is 0.495 e. The molecule has 0 unspecified atom stereocenters. The Bertz CT molecular complexity index is 925. The third-order valence-corrected chi connectivity index (χ3v) is 7.96. The van der Waals surface area contributed by atoms with Gasteiger partial charge < -0.3 is 9.47 Å². The summed E-state index contributed by atoms with van der Waals surface area (Å²) in [4.78, 5) is -0.0283. The van der Waals surface area contributed by atoms with Crippen LogP contribution in [0, 0.1) is 0 Å². The van der Waals surface area contributed by atoms with Crippen molar-refractivity contribution in [1.29, 1.82) is 0 Å². The summed E-state index contributed by atoms with van der Waals surface area (Å²) < 4.78 is 63.1. The van der Waals surface area contributed by atoms with Crippen LogP contribution in [0.1, 0.15) is 0 Å². The normalized spacial score (nSPS) is 21.3. The Morgan fingerprint density at radius 2 is 1.88 bits per heavy atom. The molecule has 2 aliphatic rings. The molecule has 1 spiro atoms. The average molecular weight is 423 g/mol. The number of rotatable bonds is 5. The Morgan fingerprint density at radius 1 is 1.23 bits per heavy atom. The third kappa shape index (κ3) is 3.37. The smallest absolute Gasteiger partial charge is 0.246 e. The molecule has 1 aromatic carbocycles. The molecule has 2 fully saturated rings. The van der Waals surface area contributed by atoms with E-state index in [2.05, 4.69) is 6.58 Å². The summed E-state index contributed by atoms with van der Waals surface area (Å²) in [6.07, 6.45) is 0. The van der Waals surface area contributed by atoms with Gasteiger partial charge in [-0.05, 0) is 18.2 Å². The van der Waals surface area contributed by atoms with Crippen molar-refractivity contribution in [2.24, 2.45) is 0 Å². The third-order valence-electron chi connectivity index (χ3n) is 4.46. The highest BCUT2D eigenvalue weighted by Crippen LogP contribution is 2.36. The molecule has 2 heterocycles. The summed E-state index contributed by atoms with van der Waals surface area (Å²) in [6, 6.07) is 4.38. The molecule has 11 heteroatoms. The van der Waals surface area contributed by atoms with Gasteiger partial charge in [-0.15, -0.1) is 0 Å². The van der Waals surface area contributed by atoms with Crippen LogP contribution >= 0.6 is 11.6 Å². The average Bonchev–Trinajstić information content (AvgIpc) is 2.59. The first-order valence-electron chi connectivity index (χ1n) is 7.74. The van der Waals surface area contributed by atoms with E-state index >= 15 is 0 Å². The predicted molar refractivity (Wildman–Crippen MR) is 96.1 cm³/mol. The van der Waals surface area contributed by atoms with Crippen molar-refractivity contribution in [3.63, 3.8) is 0 Å². The number of sulfonamides is 2. The van der Waals surface area contributed by atoms with Gasteiger partial charge in [0, 0.05) is 36.6 Å². The molecule has 0 N–H and O–H groups in total. The number of hydrogen-bond acceptors (Lipinski definition) is 6. The maximum absolute atomic E-state index is 13.1. The van der Waals surface area contributed by atoms with E-state index in [0.717, 1.165) is 5.41 Å². The lowest BCUT2D eigenvalue weighted by Gasteiger charge is -2.52. The van der Waals surface area contributed by atoms with E-state index in [1.807, 2.05) is 0 Å². The monoisotopic (exact) mass is 422 g/mol. The number of halogens is 1. The lowest BCUT2D eigenvalue weighted by Crippen LogP contribution is -2.71. The standard InChI is InChI=1S/C15H19ClN2O6S2/c1-3-25(19,20)18-10-15(11-18)9-17(6-7-24-15)26(21,22)14-8-12(16)4-5-13(14)23-2/h3-5,8H,1,6-7,9-11H2,2H3. The Labute approximate surface area is 158 Å². The van der Waals surface area contributed by atoms with E-state index in [1.54, 1.807) is 6.07 Å². The lowest BCUT2D eigenvalue weighted by atomic mass is 9.95. The molecule has 0 aliphatic carbocycles. The maximum Gasteiger partial charge on any atom is 0.246 e. The van der Waals surface area contributed by atoms with Gasteiger partial charge in [-0.2, -0.15) is 8.61 Å². The minimum absolute atomic E-state index is 0.0283. The van der Waals surface area contributed by atoms with E-state index in [-0.39, 0.29) is 48.5 Å². The van der Waals surface area contributed by atoms with E-state index in [9.17, 15) is 16.8 Å². The number of nitrogens with zero attached hydrogens (tertiary/aromatic N) is 2. The Balaban J connectivity index is 1.85. The molecule has 2 aliphatic heterocycles. The van der Waals surface area contributed by atoms with Crippen LogP contribution in [-0.4, -0.2) is 70.9 Å². The van der Waals surface area contributed by atoms with Crippen molar-refractivity contribution < 1.29 is 26.3 Å². The number of ether oxygens (including phenoxy) is 2. The van der Waals surface area contributed by atoms with Crippen LogP contribution < -0.4 is 4.74 Å². The highest BCUT2D eigenvalue weighted by Gasteiger charge is 2.52. The summed E-state index contributed by atoms with van der Waals surface area (Å²) in [5, 5.41) is 1.15. The minimum Gasteiger partial charge on any atom is -0.495 e. The molecule has 144 valence electrons. The second-order valence-corrected chi connectivity index (χ2v) is 10.4. The van der Waals surface area contributed by atoms with Crippen molar-refractivity contribution in [2.45, 2.75) is 10.5 Å². The van der Waals surface area contributed by atoms with Gasteiger partial charge >= 0.3 is 0 Å². The Kier molecular flexibility index (Phi) is 5.10. The van der Waals surface area contributed by atoms with Gasteiger partial charge in [-0.3, -0.25) is 0 Å². The van der Waals surface area contributed by atoms with Crippen LogP contribution in [-0.2, 0) is 24.8 Å². The van der Waals surface area contributed by atoms with Crippen molar-refractivity contribution in [3.05, 3.63) is 35.2 Å². The summed E-state index contributed by atoms with van der Waals surface area (Å²) >= 11 is 5.95.